The molecular weight excluding hydrogens is 316 g/mol. The third-order valence-corrected chi connectivity index (χ3v) is 4.28. The van der Waals surface area contributed by atoms with Crippen molar-refractivity contribution in [3.63, 3.8) is 0 Å². The molecule has 1 N–H and O–H groups in total. The van der Waals surface area contributed by atoms with E-state index in [1.807, 2.05) is 42.6 Å². The molecule has 1 atom stereocenters. The number of benzene rings is 1. The molecule has 1 aromatic heterocycles. The van der Waals surface area contributed by atoms with E-state index in [-0.39, 0.29) is 12.0 Å². The zero-order valence-electron chi connectivity index (χ0n) is 16.2. The van der Waals surface area contributed by atoms with E-state index < -0.39 is 6.10 Å². The molecule has 0 amide bonds. The Bertz CT molecular complexity index is 674. The molecule has 0 radical (unpaired) electrons. The molecule has 2 rings (SSSR count). The number of ether oxygens (including phenoxy) is 1. The maximum absolute atomic E-state index is 10.2. The zero-order chi connectivity index (χ0) is 18.6. The summed E-state index contributed by atoms with van der Waals surface area (Å²) in [4.78, 5) is 2.01. The lowest BCUT2D eigenvalue weighted by Gasteiger charge is -2.21. The van der Waals surface area contributed by atoms with E-state index in [9.17, 15) is 5.11 Å². The second-order valence-corrected chi connectivity index (χ2v) is 7.66. The number of hydrogen-bond acceptors (Lipinski definition) is 5. The van der Waals surface area contributed by atoms with Gasteiger partial charge in [-0.05, 0) is 37.1 Å². The summed E-state index contributed by atoms with van der Waals surface area (Å²) < 4.78 is 7.66. The van der Waals surface area contributed by atoms with E-state index in [0.29, 0.717) is 13.1 Å². The predicted molar refractivity (Wildman–Crippen MR) is 98.7 cm³/mol. The normalized spacial score (nSPS) is 13.3. The molecule has 0 saturated carbocycles. The quantitative estimate of drug-likeness (QED) is 0.833. The number of aliphatic hydroxyl groups excluding tert-OH is 1. The van der Waals surface area contributed by atoms with Crippen molar-refractivity contribution in [2.75, 3.05) is 20.2 Å². The van der Waals surface area contributed by atoms with Crippen molar-refractivity contribution in [3.8, 4) is 5.75 Å². The van der Waals surface area contributed by atoms with Crippen LogP contribution in [0.25, 0.3) is 0 Å². The first-order valence-corrected chi connectivity index (χ1v) is 8.61. The van der Waals surface area contributed by atoms with Crippen LogP contribution in [-0.4, -0.2) is 51.1 Å². The van der Waals surface area contributed by atoms with Gasteiger partial charge in [0, 0.05) is 13.6 Å². The van der Waals surface area contributed by atoms with E-state index in [1.165, 1.54) is 5.56 Å². The van der Waals surface area contributed by atoms with Crippen LogP contribution in [0.5, 0.6) is 5.75 Å². The van der Waals surface area contributed by atoms with Gasteiger partial charge in [0.25, 0.3) is 0 Å². The minimum atomic E-state index is -0.568. The van der Waals surface area contributed by atoms with Crippen LogP contribution in [0.2, 0.25) is 0 Å². The molecule has 0 saturated heterocycles. The Morgan fingerprint density at radius 3 is 2.36 bits per heavy atom. The highest BCUT2D eigenvalue weighted by atomic mass is 16.5. The molecule has 2 aromatic rings. The Balaban J connectivity index is 1.80. The van der Waals surface area contributed by atoms with Gasteiger partial charge in [0.1, 0.15) is 30.1 Å². The molecule has 0 spiro atoms. The number of nitrogens with zero attached hydrogens (tertiary/aromatic N) is 4. The number of hydrogen-bond donors (Lipinski definition) is 1. The summed E-state index contributed by atoms with van der Waals surface area (Å²) in [6.07, 6.45) is -0.568. The number of aliphatic hydroxyl groups is 1. The van der Waals surface area contributed by atoms with Crippen LogP contribution in [0.4, 0.5) is 0 Å². The van der Waals surface area contributed by atoms with Gasteiger partial charge in [-0.2, -0.15) is 0 Å². The highest BCUT2D eigenvalue weighted by molar-refractivity contribution is 5.31. The summed E-state index contributed by atoms with van der Waals surface area (Å²) >= 11 is 0. The predicted octanol–water partition coefficient (Wildman–Crippen LogP) is 2.29. The molecule has 138 valence electrons. The number of rotatable bonds is 7. The lowest BCUT2D eigenvalue weighted by Crippen LogP contribution is -2.33. The average molecular weight is 346 g/mol. The molecule has 6 nitrogen and oxygen atoms in total. The summed E-state index contributed by atoms with van der Waals surface area (Å²) in [6.45, 7) is 9.87. The van der Waals surface area contributed by atoms with E-state index in [2.05, 4.69) is 43.1 Å². The van der Waals surface area contributed by atoms with Crippen LogP contribution in [0.1, 0.15) is 38.0 Å². The molecule has 1 unspecified atom stereocenters. The van der Waals surface area contributed by atoms with Gasteiger partial charge in [-0.1, -0.05) is 32.9 Å². The first-order chi connectivity index (χ1) is 11.7. The Hall–Kier alpha value is -1.92. The van der Waals surface area contributed by atoms with Crippen LogP contribution in [0.3, 0.4) is 0 Å². The first kappa shape index (κ1) is 19.4. The number of aromatic nitrogens is 3. The lowest BCUT2D eigenvalue weighted by molar-refractivity contribution is 0.0734. The average Bonchev–Trinajstić information content (AvgIpc) is 2.84. The zero-order valence-corrected chi connectivity index (χ0v) is 16.2. The van der Waals surface area contributed by atoms with Crippen LogP contribution in [-0.2, 0) is 19.0 Å². The summed E-state index contributed by atoms with van der Waals surface area (Å²) in [5.74, 6) is 2.54. The fourth-order valence-electron chi connectivity index (χ4n) is 2.55. The first-order valence-electron chi connectivity index (χ1n) is 8.61. The van der Waals surface area contributed by atoms with E-state index >= 15 is 0 Å². The molecule has 1 aromatic carbocycles. The molecule has 0 fully saturated rings. The standard InChI is InChI=1S/C19H30N4O2/c1-14-20-21-18(23(14)6)12-22(5)11-16(24)13-25-17-9-7-15(8-10-17)19(2,3)4/h7-10,16,24H,11-13H2,1-6H3. The Labute approximate surface area is 150 Å². The summed E-state index contributed by atoms with van der Waals surface area (Å²) in [5, 5.41) is 18.4. The highest BCUT2D eigenvalue weighted by Crippen LogP contribution is 2.24. The molecule has 1 heterocycles. The number of aryl methyl sites for hydroxylation is 1. The van der Waals surface area contributed by atoms with Gasteiger partial charge in [0.2, 0.25) is 0 Å². The van der Waals surface area contributed by atoms with Gasteiger partial charge in [-0.3, -0.25) is 4.90 Å². The third kappa shape index (κ3) is 5.54. The van der Waals surface area contributed by atoms with Crippen LogP contribution < -0.4 is 4.74 Å². The Morgan fingerprint density at radius 1 is 1.20 bits per heavy atom. The Morgan fingerprint density at radius 2 is 1.84 bits per heavy atom. The van der Waals surface area contributed by atoms with Gasteiger partial charge in [-0.25, -0.2) is 0 Å². The van der Waals surface area contributed by atoms with Gasteiger partial charge < -0.3 is 14.4 Å². The van der Waals surface area contributed by atoms with Gasteiger partial charge >= 0.3 is 0 Å². The maximum Gasteiger partial charge on any atom is 0.146 e. The fraction of sp³-hybridized carbons (Fsp3) is 0.579. The van der Waals surface area contributed by atoms with Crippen molar-refractivity contribution >= 4 is 0 Å². The van der Waals surface area contributed by atoms with Crippen molar-refractivity contribution in [1.82, 2.24) is 19.7 Å². The second-order valence-electron chi connectivity index (χ2n) is 7.66. The van der Waals surface area contributed by atoms with Crippen molar-refractivity contribution in [2.24, 2.45) is 7.05 Å². The molecule has 0 aliphatic heterocycles. The molecule has 0 aliphatic carbocycles. The molecule has 0 bridgehead atoms. The van der Waals surface area contributed by atoms with Gasteiger partial charge in [0.15, 0.2) is 0 Å². The maximum atomic E-state index is 10.2. The second kappa shape index (κ2) is 7.97. The van der Waals surface area contributed by atoms with Gasteiger partial charge in [0.05, 0.1) is 6.54 Å². The molecule has 25 heavy (non-hydrogen) atoms. The van der Waals surface area contributed by atoms with Crippen LogP contribution >= 0.6 is 0 Å². The Kier molecular flexibility index (Phi) is 6.19. The molecule has 0 aliphatic rings. The fourth-order valence-corrected chi connectivity index (χ4v) is 2.55. The van der Waals surface area contributed by atoms with Crippen molar-refractivity contribution in [2.45, 2.75) is 45.8 Å². The molecular formula is C19H30N4O2. The van der Waals surface area contributed by atoms with Crippen molar-refractivity contribution in [3.05, 3.63) is 41.5 Å². The topological polar surface area (TPSA) is 63.4 Å². The van der Waals surface area contributed by atoms with Crippen LogP contribution in [0, 0.1) is 6.92 Å². The largest absolute Gasteiger partial charge is 0.491 e. The van der Waals surface area contributed by atoms with E-state index in [1.54, 1.807) is 0 Å². The highest BCUT2D eigenvalue weighted by Gasteiger charge is 2.15. The number of likely N-dealkylation sites (N-methyl/N-ethyl adjacent to an activating group) is 1. The monoisotopic (exact) mass is 346 g/mol. The third-order valence-electron chi connectivity index (χ3n) is 4.28. The minimum Gasteiger partial charge on any atom is -0.491 e. The molecule has 6 heteroatoms. The smallest absolute Gasteiger partial charge is 0.146 e. The summed E-state index contributed by atoms with van der Waals surface area (Å²) in [5.41, 5.74) is 1.39. The van der Waals surface area contributed by atoms with E-state index in [4.69, 9.17) is 4.74 Å². The van der Waals surface area contributed by atoms with Gasteiger partial charge in [-0.15, -0.1) is 10.2 Å². The van der Waals surface area contributed by atoms with Crippen molar-refractivity contribution in [1.29, 1.82) is 0 Å². The van der Waals surface area contributed by atoms with Crippen molar-refractivity contribution < 1.29 is 9.84 Å². The SMILES string of the molecule is Cc1nnc(CN(C)CC(O)COc2ccc(C(C)(C)C)cc2)n1C. The minimum absolute atomic E-state index is 0.124. The van der Waals surface area contributed by atoms with E-state index in [0.717, 1.165) is 17.4 Å². The van der Waals surface area contributed by atoms with Crippen LogP contribution in [0.15, 0.2) is 24.3 Å². The lowest BCUT2D eigenvalue weighted by atomic mass is 9.87. The summed E-state index contributed by atoms with van der Waals surface area (Å²) in [7, 11) is 3.89. The summed E-state index contributed by atoms with van der Waals surface area (Å²) in [6, 6.07) is 8.06.